The van der Waals surface area contributed by atoms with Crippen molar-refractivity contribution >= 4 is 11.4 Å². The van der Waals surface area contributed by atoms with Crippen molar-refractivity contribution in [2.24, 2.45) is 5.10 Å². The first-order chi connectivity index (χ1) is 12.4. The van der Waals surface area contributed by atoms with Gasteiger partial charge in [-0.05, 0) is 23.3 Å². The summed E-state index contributed by atoms with van der Waals surface area (Å²) >= 11 is 0. The smallest absolute Gasteiger partial charge is 0.147 e. The number of nitrogens with one attached hydrogen (secondary N) is 1. The predicted molar refractivity (Wildman–Crippen MR) is 99.7 cm³/mol. The predicted octanol–water partition coefficient (Wildman–Crippen LogP) is 4.57. The molecule has 0 aromatic heterocycles. The van der Waals surface area contributed by atoms with Crippen LogP contribution in [-0.2, 0) is 11.2 Å². The van der Waals surface area contributed by atoms with Crippen LogP contribution in [0, 0.1) is 0 Å². The maximum absolute atomic E-state index is 6.26. The lowest BCUT2D eigenvalue weighted by Crippen LogP contribution is -2.23. The Morgan fingerprint density at radius 2 is 1.52 bits per heavy atom. The zero-order valence-electron chi connectivity index (χ0n) is 13.7. The van der Waals surface area contributed by atoms with Gasteiger partial charge < -0.3 is 4.74 Å². The number of rotatable bonds is 3. The molecule has 2 aliphatic rings. The molecule has 25 heavy (non-hydrogen) atoms. The molecule has 3 heteroatoms. The van der Waals surface area contributed by atoms with Crippen molar-refractivity contribution in [1.82, 2.24) is 0 Å². The fraction of sp³-hybridized carbons (Fsp3) is 0.136. The molecule has 0 saturated carbocycles. The molecule has 1 aliphatic carbocycles. The van der Waals surface area contributed by atoms with Gasteiger partial charge in [0.2, 0.25) is 0 Å². The standard InChI is InChI=1S/C22H18N2O/c1-3-9-16(10-4-1)21-22(25-21)15-17-11-7-8-14-19(17)20(22)24-23-18-12-5-2-6-13-18/h1-14,21,23H,15H2/b24-20-. The van der Waals surface area contributed by atoms with Gasteiger partial charge in [0, 0.05) is 12.0 Å². The number of hydrogen-bond acceptors (Lipinski definition) is 3. The molecular formula is C22H18N2O. The van der Waals surface area contributed by atoms with E-state index >= 15 is 0 Å². The van der Waals surface area contributed by atoms with Gasteiger partial charge in [-0.25, -0.2) is 0 Å². The Labute approximate surface area is 147 Å². The molecule has 122 valence electrons. The minimum absolute atomic E-state index is 0.0671. The summed E-state index contributed by atoms with van der Waals surface area (Å²) in [5.74, 6) is 0. The van der Waals surface area contributed by atoms with Crippen molar-refractivity contribution in [2.45, 2.75) is 18.1 Å². The average molecular weight is 326 g/mol. The van der Waals surface area contributed by atoms with Crippen LogP contribution in [0.1, 0.15) is 22.8 Å². The molecule has 2 atom stereocenters. The Balaban J connectivity index is 1.53. The van der Waals surface area contributed by atoms with E-state index in [0.29, 0.717) is 0 Å². The third-order valence-corrected chi connectivity index (χ3v) is 4.99. The fourth-order valence-electron chi connectivity index (χ4n) is 3.74. The average Bonchev–Trinajstić information content (AvgIpc) is 3.30. The SMILES string of the molecule is c1ccc(N/N=C2/c3ccccc3CC23OC3c2ccccc2)cc1. The van der Waals surface area contributed by atoms with Crippen LogP contribution < -0.4 is 5.43 Å². The zero-order valence-corrected chi connectivity index (χ0v) is 13.7. The maximum Gasteiger partial charge on any atom is 0.147 e. The molecule has 3 nitrogen and oxygen atoms in total. The summed E-state index contributed by atoms with van der Waals surface area (Å²) < 4.78 is 6.26. The van der Waals surface area contributed by atoms with Crippen molar-refractivity contribution in [3.8, 4) is 0 Å². The zero-order chi connectivity index (χ0) is 16.7. The van der Waals surface area contributed by atoms with Crippen LogP contribution in [0.5, 0.6) is 0 Å². The first kappa shape index (κ1) is 14.4. The van der Waals surface area contributed by atoms with Gasteiger partial charge in [0.05, 0.1) is 5.69 Å². The number of hydrazone groups is 1. The van der Waals surface area contributed by atoms with E-state index in [2.05, 4.69) is 54.0 Å². The van der Waals surface area contributed by atoms with E-state index in [1.165, 1.54) is 16.7 Å². The van der Waals surface area contributed by atoms with E-state index in [0.717, 1.165) is 17.8 Å². The summed E-state index contributed by atoms with van der Waals surface area (Å²) in [5, 5.41) is 4.77. The van der Waals surface area contributed by atoms with Crippen molar-refractivity contribution in [3.05, 3.63) is 102 Å². The van der Waals surface area contributed by atoms with Gasteiger partial charge in [-0.1, -0.05) is 72.8 Å². The highest BCUT2D eigenvalue weighted by Gasteiger charge is 2.64. The highest BCUT2D eigenvalue weighted by molar-refractivity contribution is 6.13. The molecule has 0 bridgehead atoms. The molecule has 2 unspecified atom stereocenters. The Bertz CT molecular complexity index is 937. The van der Waals surface area contributed by atoms with E-state index in [1.54, 1.807) is 0 Å². The van der Waals surface area contributed by atoms with E-state index in [-0.39, 0.29) is 11.7 Å². The molecule has 1 heterocycles. The molecule has 3 aromatic rings. The molecule has 1 fully saturated rings. The lowest BCUT2D eigenvalue weighted by atomic mass is 9.95. The van der Waals surface area contributed by atoms with E-state index < -0.39 is 0 Å². The summed E-state index contributed by atoms with van der Waals surface area (Å²) in [6.45, 7) is 0. The van der Waals surface area contributed by atoms with E-state index in [4.69, 9.17) is 9.84 Å². The Morgan fingerprint density at radius 3 is 2.32 bits per heavy atom. The molecule has 3 aromatic carbocycles. The number of para-hydroxylation sites is 1. The highest BCUT2D eigenvalue weighted by Crippen LogP contribution is 2.57. The van der Waals surface area contributed by atoms with Crippen LogP contribution in [0.4, 0.5) is 5.69 Å². The molecule has 0 amide bonds. The second kappa shape index (κ2) is 5.57. The van der Waals surface area contributed by atoms with Crippen LogP contribution in [0.3, 0.4) is 0 Å². The first-order valence-corrected chi connectivity index (χ1v) is 8.57. The quantitative estimate of drug-likeness (QED) is 0.565. The van der Waals surface area contributed by atoms with Crippen molar-refractivity contribution in [1.29, 1.82) is 0 Å². The van der Waals surface area contributed by atoms with Crippen molar-refractivity contribution < 1.29 is 4.74 Å². The summed E-state index contributed by atoms with van der Waals surface area (Å²) in [7, 11) is 0. The number of hydrogen-bond donors (Lipinski definition) is 1. The van der Waals surface area contributed by atoms with Crippen molar-refractivity contribution in [3.63, 3.8) is 0 Å². The normalized spacial score (nSPS) is 25.1. The molecule has 0 radical (unpaired) electrons. The summed E-state index contributed by atoms with van der Waals surface area (Å²) in [5.41, 5.74) is 8.54. The van der Waals surface area contributed by atoms with Gasteiger partial charge in [-0.3, -0.25) is 5.43 Å². The monoisotopic (exact) mass is 326 g/mol. The van der Waals surface area contributed by atoms with Crippen LogP contribution in [0.15, 0.2) is 90.0 Å². The van der Waals surface area contributed by atoms with Crippen molar-refractivity contribution in [2.75, 3.05) is 5.43 Å². The second-order valence-electron chi connectivity index (χ2n) is 6.57. The van der Waals surface area contributed by atoms with E-state index in [9.17, 15) is 0 Å². The lowest BCUT2D eigenvalue weighted by molar-refractivity contribution is 0.346. The Morgan fingerprint density at radius 1 is 0.840 bits per heavy atom. The molecule has 1 spiro atoms. The minimum Gasteiger partial charge on any atom is -0.354 e. The van der Waals surface area contributed by atoms with Crippen LogP contribution >= 0.6 is 0 Å². The van der Waals surface area contributed by atoms with E-state index in [1.807, 2.05) is 36.4 Å². The van der Waals surface area contributed by atoms with Crippen LogP contribution in [0.25, 0.3) is 0 Å². The maximum atomic E-state index is 6.26. The molecule has 5 rings (SSSR count). The van der Waals surface area contributed by atoms with Crippen LogP contribution in [0.2, 0.25) is 0 Å². The van der Waals surface area contributed by atoms with Gasteiger partial charge in [-0.2, -0.15) is 5.10 Å². The number of benzene rings is 3. The number of fused-ring (bicyclic) bond motifs is 1. The van der Waals surface area contributed by atoms with Gasteiger partial charge in [0.25, 0.3) is 0 Å². The topological polar surface area (TPSA) is 36.9 Å². The second-order valence-corrected chi connectivity index (χ2v) is 6.57. The number of nitrogens with zero attached hydrogens (tertiary/aromatic N) is 1. The molecule has 1 N–H and O–H groups in total. The third kappa shape index (κ3) is 2.36. The van der Waals surface area contributed by atoms with Gasteiger partial charge in [0.15, 0.2) is 0 Å². The number of anilines is 1. The Hall–Kier alpha value is -2.91. The van der Waals surface area contributed by atoms with Gasteiger partial charge in [0.1, 0.15) is 17.4 Å². The molecule has 1 saturated heterocycles. The summed E-state index contributed by atoms with van der Waals surface area (Å²) in [6, 6.07) is 28.9. The summed E-state index contributed by atoms with van der Waals surface area (Å²) in [6.07, 6.45) is 0.940. The number of epoxide rings is 1. The number of ether oxygens (including phenoxy) is 1. The third-order valence-electron chi connectivity index (χ3n) is 4.99. The summed E-state index contributed by atoms with van der Waals surface area (Å²) in [4.78, 5) is 0. The lowest BCUT2D eigenvalue weighted by Gasteiger charge is -2.08. The highest BCUT2D eigenvalue weighted by atomic mass is 16.6. The Kier molecular flexibility index (Phi) is 3.22. The van der Waals surface area contributed by atoms with Crippen LogP contribution in [-0.4, -0.2) is 11.3 Å². The van der Waals surface area contributed by atoms with Gasteiger partial charge >= 0.3 is 0 Å². The minimum atomic E-state index is -0.340. The van der Waals surface area contributed by atoms with Gasteiger partial charge in [-0.15, -0.1) is 0 Å². The molecule has 1 aliphatic heterocycles. The first-order valence-electron chi connectivity index (χ1n) is 8.57. The largest absolute Gasteiger partial charge is 0.354 e. The molecular weight excluding hydrogens is 308 g/mol. The fourth-order valence-corrected chi connectivity index (χ4v) is 3.74.